The summed E-state index contributed by atoms with van der Waals surface area (Å²) in [5.41, 5.74) is 1.35. The molecule has 0 radical (unpaired) electrons. The molecule has 1 fully saturated rings. The first kappa shape index (κ1) is 23.6. The molecule has 3 rings (SSSR count). The van der Waals surface area contributed by atoms with Gasteiger partial charge in [-0.1, -0.05) is 12.5 Å². The Balaban J connectivity index is 0.00000300. The number of aromatic nitrogens is 2. The second-order valence-corrected chi connectivity index (χ2v) is 7.15. The van der Waals surface area contributed by atoms with Crippen LogP contribution in [0, 0.1) is 12.7 Å². The number of likely N-dealkylation sites (tertiary alicyclic amines) is 1. The lowest BCUT2D eigenvalue weighted by atomic mass is 10.1. The van der Waals surface area contributed by atoms with E-state index in [4.69, 9.17) is 0 Å². The van der Waals surface area contributed by atoms with E-state index in [9.17, 15) is 4.39 Å². The van der Waals surface area contributed by atoms with E-state index in [2.05, 4.69) is 25.5 Å². The van der Waals surface area contributed by atoms with Crippen LogP contribution in [0.4, 0.5) is 4.39 Å². The van der Waals surface area contributed by atoms with Gasteiger partial charge in [-0.15, -0.1) is 24.0 Å². The van der Waals surface area contributed by atoms with Crippen molar-refractivity contribution in [2.75, 3.05) is 32.7 Å². The molecule has 6 nitrogen and oxygen atoms in total. The molecule has 1 saturated heterocycles. The molecule has 0 unspecified atom stereocenters. The van der Waals surface area contributed by atoms with Crippen LogP contribution in [-0.2, 0) is 6.54 Å². The molecule has 0 spiro atoms. The Morgan fingerprint density at radius 1 is 1.21 bits per heavy atom. The van der Waals surface area contributed by atoms with E-state index >= 15 is 0 Å². The minimum absolute atomic E-state index is 0. The molecule has 2 heterocycles. The maximum absolute atomic E-state index is 14.5. The van der Waals surface area contributed by atoms with Crippen molar-refractivity contribution in [3.63, 3.8) is 0 Å². The van der Waals surface area contributed by atoms with Gasteiger partial charge in [0, 0.05) is 32.0 Å². The molecule has 2 aromatic rings. The van der Waals surface area contributed by atoms with Gasteiger partial charge in [-0.3, -0.25) is 0 Å². The molecular formula is C21H32FIN6. The zero-order valence-electron chi connectivity index (χ0n) is 17.3. The molecule has 29 heavy (non-hydrogen) atoms. The van der Waals surface area contributed by atoms with Crippen molar-refractivity contribution < 1.29 is 4.39 Å². The third-order valence-corrected chi connectivity index (χ3v) is 5.03. The summed E-state index contributed by atoms with van der Waals surface area (Å²) >= 11 is 0. The second-order valence-electron chi connectivity index (χ2n) is 7.15. The normalized spacial score (nSPS) is 15.1. The highest BCUT2D eigenvalue weighted by Crippen LogP contribution is 2.17. The first-order valence-electron chi connectivity index (χ1n) is 10.2. The van der Waals surface area contributed by atoms with Crippen LogP contribution in [0.15, 0.2) is 35.6 Å². The summed E-state index contributed by atoms with van der Waals surface area (Å²) in [5, 5.41) is 6.65. The number of aryl methyl sites for hydroxylation is 1. The number of nitrogens with zero attached hydrogens (tertiary/aromatic N) is 4. The molecule has 1 aromatic carbocycles. The Morgan fingerprint density at radius 2 is 2.00 bits per heavy atom. The molecule has 160 valence electrons. The van der Waals surface area contributed by atoms with Gasteiger partial charge in [0.2, 0.25) is 0 Å². The maximum Gasteiger partial charge on any atom is 0.191 e. The average Bonchev–Trinajstić information content (AvgIpc) is 3.12. The van der Waals surface area contributed by atoms with Gasteiger partial charge >= 0.3 is 0 Å². The van der Waals surface area contributed by atoms with Crippen molar-refractivity contribution in [3.8, 4) is 5.69 Å². The Labute approximate surface area is 190 Å². The zero-order valence-corrected chi connectivity index (χ0v) is 19.7. The van der Waals surface area contributed by atoms with Gasteiger partial charge in [0.25, 0.3) is 0 Å². The zero-order chi connectivity index (χ0) is 19.8. The number of imidazole rings is 1. The molecule has 0 amide bonds. The Bertz CT molecular complexity index is 785. The minimum Gasteiger partial charge on any atom is -0.357 e. The summed E-state index contributed by atoms with van der Waals surface area (Å²) in [6.45, 7) is 9.40. The smallest absolute Gasteiger partial charge is 0.191 e. The van der Waals surface area contributed by atoms with E-state index in [1.54, 1.807) is 29.1 Å². The van der Waals surface area contributed by atoms with Gasteiger partial charge in [0.15, 0.2) is 5.96 Å². The molecule has 1 aliphatic heterocycles. The maximum atomic E-state index is 14.5. The minimum atomic E-state index is -0.267. The van der Waals surface area contributed by atoms with Crippen molar-refractivity contribution in [3.05, 3.63) is 47.8 Å². The van der Waals surface area contributed by atoms with Crippen LogP contribution in [0.25, 0.3) is 5.69 Å². The molecule has 1 aromatic heterocycles. The quantitative estimate of drug-likeness (QED) is 0.338. The van der Waals surface area contributed by atoms with Crippen LogP contribution in [0.1, 0.15) is 37.6 Å². The van der Waals surface area contributed by atoms with E-state index in [1.165, 1.54) is 32.4 Å². The Morgan fingerprint density at radius 3 is 2.66 bits per heavy atom. The van der Waals surface area contributed by atoms with Crippen LogP contribution >= 0.6 is 24.0 Å². The van der Waals surface area contributed by atoms with E-state index in [-0.39, 0.29) is 29.8 Å². The van der Waals surface area contributed by atoms with Crippen LogP contribution in [0.3, 0.4) is 0 Å². The van der Waals surface area contributed by atoms with Crippen molar-refractivity contribution in [1.29, 1.82) is 0 Å². The highest BCUT2D eigenvalue weighted by atomic mass is 127. The fourth-order valence-corrected chi connectivity index (χ4v) is 3.50. The lowest BCUT2D eigenvalue weighted by molar-refractivity contribution is 0.232. The second kappa shape index (κ2) is 12.1. The Kier molecular flexibility index (Phi) is 9.86. The number of hydrogen-bond donors (Lipinski definition) is 2. The molecule has 0 atom stereocenters. The van der Waals surface area contributed by atoms with Gasteiger partial charge in [0.05, 0.1) is 12.2 Å². The van der Waals surface area contributed by atoms with E-state index in [1.807, 2.05) is 19.9 Å². The first-order chi connectivity index (χ1) is 13.7. The molecule has 2 N–H and O–H groups in total. The summed E-state index contributed by atoms with van der Waals surface area (Å²) in [7, 11) is 0. The lowest BCUT2D eigenvalue weighted by Crippen LogP contribution is -2.42. The van der Waals surface area contributed by atoms with Crippen LogP contribution in [-0.4, -0.2) is 53.1 Å². The lowest BCUT2D eigenvalue weighted by Gasteiger charge is -2.26. The molecular weight excluding hydrogens is 482 g/mol. The third-order valence-electron chi connectivity index (χ3n) is 5.03. The van der Waals surface area contributed by atoms with Crippen LogP contribution < -0.4 is 10.6 Å². The Hall–Kier alpha value is -1.68. The van der Waals surface area contributed by atoms with Gasteiger partial charge in [0.1, 0.15) is 11.6 Å². The fourth-order valence-electron chi connectivity index (χ4n) is 3.50. The highest BCUT2D eigenvalue weighted by molar-refractivity contribution is 14.0. The van der Waals surface area contributed by atoms with Crippen molar-refractivity contribution >= 4 is 29.9 Å². The van der Waals surface area contributed by atoms with E-state index in [0.717, 1.165) is 37.0 Å². The number of piperidine rings is 1. The van der Waals surface area contributed by atoms with E-state index in [0.29, 0.717) is 12.2 Å². The van der Waals surface area contributed by atoms with E-state index < -0.39 is 0 Å². The summed E-state index contributed by atoms with van der Waals surface area (Å²) in [6, 6.07) is 5.25. The highest BCUT2D eigenvalue weighted by Gasteiger charge is 2.10. The monoisotopic (exact) mass is 514 g/mol. The van der Waals surface area contributed by atoms with Crippen molar-refractivity contribution in [2.24, 2.45) is 4.99 Å². The summed E-state index contributed by atoms with van der Waals surface area (Å²) in [5.74, 6) is 1.27. The van der Waals surface area contributed by atoms with Gasteiger partial charge in [-0.2, -0.15) is 0 Å². The predicted octanol–water partition coefficient (Wildman–Crippen LogP) is 3.48. The number of aliphatic imine (C=N–C) groups is 1. The molecule has 0 bridgehead atoms. The molecule has 0 aliphatic carbocycles. The SMILES string of the molecule is CCNC(=NCc1ccc(-n2ccnc2C)c(F)c1)NCCN1CCCCC1.I. The fraction of sp³-hybridized carbons (Fsp3) is 0.524. The molecule has 1 aliphatic rings. The summed E-state index contributed by atoms with van der Waals surface area (Å²) in [4.78, 5) is 11.3. The standard InChI is InChI=1S/C21H31FN6.HI/c1-3-23-21(25-9-13-27-11-5-4-6-12-27)26-16-18-7-8-20(19(22)15-18)28-14-10-24-17(28)2;/h7-8,10,14-15H,3-6,9,11-13,16H2,1-2H3,(H2,23,25,26);1H. The topological polar surface area (TPSA) is 57.5 Å². The van der Waals surface area contributed by atoms with Crippen LogP contribution in [0.5, 0.6) is 0 Å². The van der Waals surface area contributed by atoms with Crippen molar-refractivity contribution in [1.82, 2.24) is 25.1 Å². The number of hydrogen-bond acceptors (Lipinski definition) is 3. The number of halogens is 2. The average molecular weight is 514 g/mol. The summed E-state index contributed by atoms with van der Waals surface area (Å²) in [6.07, 6.45) is 7.39. The van der Waals surface area contributed by atoms with Crippen LogP contribution in [0.2, 0.25) is 0 Å². The van der Waals surface area contributed by atoms with Gasteiger partial charge < -0.3 is 20.1 Å². The number of nitrogens with one attached hydrogen (secondary N) is 2. The van der Waals surface area contributed by atoms with Crippen molar-refractivity contribution in [2.45, 2.75) is 39.7 Å². The number of benzene rings is 1. The number of guanidine groups is 1. The van der Waals surface area contributed by atoms with Gasteiger partial charge in [-0.05, 0) is 57.5 Å². The molecule has 0 saturated carbocycles. The summed E-state index contributed by atoms with van der Waals surface area (Å²) < 4.78 is 16.3. The van der Waals surface area contributed by atoms with Gasteiger partial charge in [-0.25, -0.2) is 14.4 Å². The third kappa shape index (κ3) is 6.95. The first-order valence-corrected chi connectivity index (χ1v) is 10.2. The molecule has 8 heteroatoms. The predicted molar refractivity (Wildman–Crippen MR) is 127 cm³/mol. The number of rotatable bonds is 7. The largest absolute Gasteiger partial charge is 0.357 e.